The van der Waals surface area contributed by atoms with Gasteiger partial charge in [0, 0.05) is 5.25 Å². The molecule has 176 valence electrons. The molecule has 2 saturated heterocycles. The third kappa shape index (κ3) is 6.81. The largest absolute Gasteiger partial charge is 0.388 e. The number of hydrogen-bond donors (Lipinski definition) is 5. The highest BCUT2D eigenvalue weighted by molar-refractivity contribution is 8.00. The number of ether oxygens (including phenoxy) is 1. The van der Waals surface area contributed by atoms with Crippen LogP contribution in [0.5, 0.6) is 0 Å². The highest BCUT2D eigenvalue weighted by Gasteiger charge is 2.48. The summed E-state index contributed by atoms with van der Waals surface area (Å²) in [7, 11) is 0. The van der Waals surface area contributed by atoms with E-state index >= 15 is 0 Å². The van der Waals surface area contributed by atoms with E-state index in [9.17, 15) is 20.1 Å². The van der Waals surface area contributed by atoms with Crippen molar-refractivity contribution in [3.63, 3.8) is 0 Å². The first-order valence-electron chi connectivity index (χ1n) is 11.5. The Morgan fingerprint density at radius 1 is 1.10 bits per heavy atom. The fraction of sp³-hybridized carbons (Fsp3) is 0.955. The minimum atomic E-state index is -1.32. The molecule has 0 aromatic rings. The van der Waals surface area contributed by atoms with Gasteiger partial charge in [0.1, 0.15) is 29.9 Å². The number of carbonyl (C=O) groups excluding carboxylic acids is 1. The summed E-state index contributed by atoms with van der Waals surface area (Å²) >= 11 is 1.41. The van der Waals surface area contributed by atoms with Gasteiger partial charge in [-0.25, -0.2) is 0 Å². The van der Waals surface area contributed by atoms with Crippen molar-refractivity contribution in [2.24, 2.45) is 11.8 Å². The fourth-order valence-electron chi connectivity index (χ4n) is 4.48. The van der Waals surface area contributed by atoms with Gasteiger partial charge in [0.15, 0.2) is 0 Å². The number of aliphatic hydroxyl groups is 3. The monoisotopic (exact) mass is 446 g/mol. The van der Waals surface area contributed by atoms with E-state index < -0.39 is 35.9 Å². The Morgan fingerprint density at radius 3 is 2.40 bits per heavy atom. The average Bonchev–Trinajstić information content (AvgIpc) is 2.92. The summed E-state index contributed by atoms with van der Waals surface area (Å²) in [5, 5.41) is 38.0. The smallest absolute Gasteiger partial charge is 0.237 e. The van der Waals surface area contributed by atoms with Crippen LogP contribution in [0.2, 0.25) is 0 Å². The van der Waals surface area contributed by atoms with Crippen LogP contribution < -0.4 is 10.6 Å². The van der Waals surface area contributed by atoms with Crippen LogP contribution in [0.25, 0.3) is 0 Å². The summed E-state index contributed by atoms with van der Waals surface area (Å²) < 4.78 is 6.05. The molecule has 30 heavy (non-hydrogen) atoms. The van der Waals surface area contributed by atoms with Crippen LogP contribution in [-0.4, -0.2) is 75.0 Å². The van der Waals surface area contributed by atoms with E-state index in [1.54, 1.807) is 0 Å². The molecule has 7 nitrogen and oxygen atoms in total. The summed E-state index contributed by atoms with van der Waals surface area (Å²) in [4.78, 5) is 13.1. The Balaban J connectivity index is 2.07. The third-order valence-electron chi connectivity index (χ3n) is 6.21. The number of aliphatic hydroxyl groups excluding tert-OH is 3. The maximum absolute atomic E-state index is 13.1. The topological polar surface area (TPSA) is 111 Å². The van der Waals surface area contributed by atoms with Gasteiger partial charge in [-0.15, -0.1) is 11.8 Å². The minimum Gasteiger partial charge on any atom is -0.388 e. The second kappa shape index (κ2) is 12.0. The van der Waals surface area contributed by atoms with Gasteiger partial charge in [-0.3, -0.25) is 4.79 Å². The molecule has 0 bridgehead atoms. The fourth-order valence-corrected chi connectivity index (χ4v) is 5.53. The molecule has 2 fully saturated rings. The molecule has 2 heterocycles. The molecule has 0 saturated carbocycles. The number of amides is 1. The zero-order chi connectivity index (χ0) is 22.4. The van der Waals surface area contributed by atoms with Gasteiger partial charge in [0.05, 0.1) is 12.1 Å². The van der Waals surface area contributed by atoms with Gasteiger partial charge < -0.3 is 30.7 Å². The molecular formula is C22H42N2O5S. The molecule has 8 unspecified atom stereocenters. The molecule has 0 aromatic heterocycles. The molecule has 0 aromatic carbocycles. The predicted molar refractivity (Wildman–Crippen MR) is 120 cm³/mol. The molecular weight excluding hydrogens is 404 g/mol. The number of rotatable bonds is 8. The van der Waals surface area contributed by atoms with Crippen molar-refractivity contribution >= 4 is 17.7 Å². The molecule has 2 aliphatic rings. The van der Waals surface area contributed by atoms with E-state index in [4.69, 9.17) is 4.74 Å². The quantitative estimate of drug-likeness (QED) is 0.385. The molecule has 1 amide bonds. The molecule has 8 atom stereocenters. The van der Waals surface area contributed by atoms with Crippen molar-refractivity contribution in [2.75, 3.05) is 6.54 Å². The lowest BCUT2D eigenvalue weighted by Crippen LogP contribution is -2.64. The molecule has 2 aliphatic heterocycles. The normalized spacial score (nSPS) is 36.5. The maximum atomic E-state index is 13.1. The Bertz CT molecular complexity index is 536. The van der Waals surface area contributed by atoms with Gasteiger partial charge in [0.25, 0.3) is 0 Å². The molecule has 0 aliphatic carbocycles. The first-order chi connectivity index (χ1) is 14.1. The first-order valence-corrected chi connectivity index (χ1v) is 12.5. The van der Waals surface area contributed by atoms with E-state index in [-0.39, 0.29) is 23.1 Å². The summed E-state index contributed by atoms with van der Waals surface area (Å²) in [5.74, 6) is 0.560. The van der Waals surface area contributed by atoms with Gasteiger partial charge in [-0.2, -0.15) is 0 Å². The van der Waals surface area contributed by atoms with Gasteiger partial charge in [-0.05, 0) is 37.6 Å². The molecule has 2 rings (SSSR count). The second-order valence-electron chi connectivity index (χ2n) is 9.43. The molecule has 0 radical (unpaired) electrons. The highest BCUT2D eigenvalue weighted by atomic mass is 32.2. The van der Waals surface area contributed by atoms with Crippen LogP contribution in [0.1, 0.15) is 66.7 Å². The van der Waals surface area contributed by atoms with E-state index in [1.165, 1.54) is 18.2 Å². The first kappa shape index (κ1) is 25.9. The lowest BCUT2D eigenvalue weighted by atomic mass is 9.88. The van der Waals surface area contributed by atoms with Crippen LogP contribution in [0, 0.1) is 11.8 Å². The maximum Gasteiger partial charge on any atom is 0.237 e. The van der Waals surface area contributed by atoms with Crippen LogP contribution in [0.4, 0.5) is 0 Å². The van der Waals surface area contributed by atoms with Crippen LogP contribution >= 0.6 is 11.8 Å². The SMILES string of the molecule is CCCC1CCNC(C(=O)NC(C(C)C)C2OC(SC(C)C)C(O)C(O)C2O)CC1. The summed E-state index contributed by atoms with van der Waals surface area (Å²) in [6, 6.07) is -0.730. The summed E-state index contributed by atoms with van der Waals surface area (Å²) in [5.41, 5.74) is -0.655. The zero-order valence-electron chi connectivity index (χ0n) is 19.1. The van der Waals surface area contributed by atoms with Crippen LogP contribution in [-0.2, 0) is 9.53 Å². The molecule has 5 N–H and O–H groups in total. The Hall–Kier alpha value is -0.380. The van der Waals surface area contributed by atoms with Crippen molar-refractivity contribution in [3.05, 3.63) is 0 Å². The lowest BCUT2D eigenvalue weighted by Gasteiger charge is -2.45. The molecule has 8 heteroatoms. The van der Waals surface area contributed by atoms with E-state index in [2.05, 4.69) is 17.6 Å². The number of thioether (sulfide) groups is 1. The van der Waals surface area contributed by atoms with Crippen molar-refractivity contribution in [3.8, 4) is 0 Å². The lowest BCUT2D eigenvalue weighted by molar-refractivity contribution is -0.208. The number of carbonyl (C=O) groups is 1. The highest BCUT2D eigenvalue weighted by Crippen LogP contribution is 2.33. The van der Waals surface area contributed by atoms with Gasteiger partial charge >= 0.3 is 0 Å². The van der Waals surface area contributed by atoms with Crippen molar-refractivity contribution in [2.45, 2.75) is 114 Å². The van der Waals surface area contributed by atoms with Crippen LogP contribution in [0.15, 0.2) is 0 Å². The Labute approximate surface area is 185 Å². The zero-order valence-corrected chi connectivity index (χ0v) is 19.9. The second-order valence-corrected chi connectivity index (χ2v) is 11.1. The third-order valence-corrected chi connectivity index (χ3v) is 7.42. The summed E-state index contributed by atoms with van der Waals surface area (Å²) in [6.07, 6.45) is 0.729. The van der Waals surface area contributed by atoms with Gasteiger partial charge in [-0.1, -0.05) is 47.5 Å². The Morgan fingerprint density at radius 2 is 1.80 bits per heavy atom. The van der Waals surface area contributed by atoms with E-state index in [1.807, 2.05) is 27.7 Å². The van der Waals surface area contributed by atoms with Crippen LogP contribution in [0.3, 0.4) is 0 Å². The Kier molecular flexibility index (Phi) is 10.4. The summed E-state index contributed by atoms with van der Waals surface area (Å²) in [6.45, 7) is 10.9. The average molecular weight is 447 g/mol. The number of nitrogens with one attached hydrogen (secondary N) is 2. The van der Waals surface area contributed by atoms with Crippen molar-refractivity contribution < 1.29 is 24.9 Å². The molecule has 0 spiro atoms. The van der Waals surface area contributed by atoms with E-state index in [0.717, 1.165) is 32.2 Å². The number of hydrogen-bond acceptors (Lipinski definition) is 7. The standard InChI is InChI=1S/C22H42N2O5S/c1-6-7-14-8-9-15(23-11-10-14)21(28)24-16(12(2)3)20-18(26)17(25)19(27)22(29-20)30-13(4)5/h12-20,22-23,25-27H,6-11H2,1-5H3,(H,24,28). The predicted octanol–water partition coefficient (Wildman–Crippen LogP) is 1.63. The van der Waals surface area contributed by atoms with E-state index in [0.29, 0.717) is 5.92 Å². The minimum absolute atomic E-state index is 0.0145. The van der Waals surface area contributed by atoms with Crippen molar-refractivity contribution in [1.82, 2.24) is 10.6 Å². The van der Waals surface area contributed by atoms with Gasteiger partial charge in [0.2, 0.25) is 5.91 Å². The van der Waals surface area contributed by atoms with Crippen molar-refractivity contribution in [1.29, 1.82) is 0 Å².